The highest BCUT2D eigenvalue weighted by atomic mass is 32.2. The van der Waals surface area contributed by atoms with Crippen LogP contribution >= 0.6 is 11.8 Å². The molecule has 1 aromatic heterocycles. The average Bonchev–Trinajstić information content (AvgIpc) is 2.69. The predicted molar refractivity (Wildman–Crippen MR) is 106 cm³/mol. The molecule has 1 amide bonds. The molecule has 0 unspecified atom stereocenters. The van der Waals surface area contributed by atoms with E-state index in [1.807, 2.05) is 24.3 Å². The second-order valence-corrected chi connectivity index (χ2v) is 7.39. The van der Waals surface area contributed by atoms with E-state index in [9.17, 15) is 9.59 Å². The van der Waals surface area contributed by atoms with Gasteiger partial charge in [0.1, 0.15) is 5.82 Å². The first-order valence-electron chi connectivity index (χ1n) is 8.82. The van der Waals surface area contributed by atoms with Gasteiger partial charge in [-0.25, -0.2) is 4.98 Å². The Morgan fingerprint density at radius 3 is 2.78 bits per heavy atom. The molecule has 1 fully saturated rings. The van der Waals surface area contributed by atoms with E-state index in [1.165, 1.54) is 11.8 Å². The van der Waals surface area contributed by atoms with Crippen molar-refractivity contribution >= 4 is 35.1 Å². The average molecular weight is 386 g/mol. The highest BCUT2D eigenvalue weighted by Crippen LogP contribution is 2.23. The highest BCUT2D eigenvalue weighted by Gasteiger charge is 2.25. The molecule has 0 radical (unpaired) electrons. The Hall–Kier alpha value is -2.61. The summed E-state index contributed by atoms with van der Waals surface area (Å²) in [6.07, 6.45) is 6.62. The number of nitrogens with one attached hydrogen (secondary N) is 1. The van der Waals surface area contributed by atoms with Crippen molar-refractivity contribution in [2.24, 2.45) is 5.92 Å². The Kier molecular flexibility index (Phi) is 6.64. The Morgan fingerprint density at radius 1 is 1.26 bits per heavy atom. The number of rotatable bonds is 7. The third kappa shape index (κ3) is 5.68. The van der Waals surface area contributed by atoms with Gasteiger partial charge >= 0.3 is 5.97 Å². The monoisotopic (exact) mass is 386 g/mol. The van der Waals surface area contributed by atoms with Gasteiger partial charge in [-0.3, -0.25) is 14.6 Å². The van der Waals surface area contributed by atoms with Gasteiger partial charge in [0.05, 0.1) is 11.9 Å². The summed E-state index contributed by atoms with van der Waals surface area (Å²) in [6.45, 7) is 1.56. The SMILES string of the molecule is O=C(O)CSCc1cccc(NC(=O)C2CCN(c3cnccn3)CC2)c1. The molecule has 0 saturated carbocycles. The third-order valence-corrected chi connectivity index (χ3v) is 5.42. The van der Waals surface area contributed by atoms with Crippen LogP contribution < -0.4 is 10.2 Å². The number of amides is 1. The van der Waals surface area contributed by atoms with Crippen LogP contribution in [0, 0.1) is 5.92 Å². The number of aromatic nitrogens is 2. The molecule has 1 aromatic carbocycles. The molecule has 27 heavy (non-hydrogen) atoms. The lowest BCUT2D eigenvalue weighted by Gasteiger charge is -2.31. The third-order valence-electron chi connectivity index (χ3n) is 4.43. The standard InChI is InChI=1S/C19H22N4O3S/c24-18(25)13-27-12-14-2-1-3-16(10-14)22-19(26)15-4-8-23(9-5-15)17-11-20-6-7-21-17/h1-3,6-7,10-11,15H,4-5,8-9,12-13H2,(H,22,26)(H,24,25). The molecular weight excluding hydrogens is 364 g/mol. The number of nitrogens with zero attached hydrogens (tertiary/aromatic N) is 3. The Labute approximate surface area is 162 Å². The molecule has 3 rings (SSSR count). The van der Waals surface area contributed by atoms with Crippen molar-refractivity contribution in [3.05, 3.63) is 48.4 Å². The van der Waals surface area contributed by atoms with E-state index in [1.54, 1.807) is 18.6 Å². The van der Waals surface area contributed by atoms with Crippen molar-refractivity contribution in [2.45, 2.75) is 18.6 Å². The Balaban J connectivity index is 1.50. The summed E-state index contributed by atoms with van der Waals surface area (Å²) in [6, 6.07) is 7.58. The smallest absolute Gasteiger partial charge is 0.313 e. The predicted octanol–water partition coefficient (Wildman–Crippen LogP) is 2.65. The fraction of sp³-hybridized carbons (Fsp3) is 0.368. The van der Waals surface area contributed by atoms with Gasteiger partial charge in [0.25, 0.3) is 0 Å². The number of carbonyl (C=O) groups excluding carboxylic acids is 1. The van der Waals surface area contributed by atoms with Crippen LogP contribution in [-0.4, -0.2) is 45.8 Å². The topological polar surface area (TPSA) is 95.4 Å². The normalized spacial score (nSPS) is 14.7. The molecule has 1 aliphatic rings. The van der Waals surface area contributed by atoms with Gasteiger partial charge < -0.3 is 15.3 Å². The largest absolute Gasteiger partial charge is 0.481 e. The van der Waals surface area contributed by atoms with Gasteiger partial charge in [-0.05, 0) is 30.5 Å². The maximum absolute atomic E-state index is 12.6. The summed E-state index contributed by atoms with van der Waals surface area (Å²) in [4.78, 5) is 33.7. The van der Waals surface area contributed by atoms with Gasteiger partial charge in [0, 0.05) is 42.8 Å². The van der Waals surface area contributed by atoms with Crippen LogP contribution in [0.1, 0.15) is 18.4 Å². The molecule has 2 heterocycles. The van der Waals surface area contributed by atoms with Gasteiger partial charge in [-0.15, -0.1) is 11.8 Å². The van der Waals surface area contributed by atoms with E-state index in [2.05, 4.69) is 20.2 Å². The fourth-order valence-electron chi connectivity index (χ4n) is 3.06. The number of piperidine rings is 1. The second-order valence-electron chi connectivity index (χ2n) is 6.40. The van der Waals surface area contributed by atoms with E-state index in [-0.39, 0.29) is 17.6 Å². The Bertz CT molecular complexity index is 780. The highest BCUT2D eigenvalue weighted by molar-refractivity contribution is 7.99. The van der Waals surface area contributed by atoms with Gasteiger partial charge in [-0.2, -0.15) is 0 Å². The second kappa shape index (κ2) is 9.36. The van der Waals surface area contributed by atoms with E-state index in [0.29, 0.717) is 5.75 Å². The number of hydrogen-bond acceptors (Lipinski definition) is 6. The van der Waals surface area contributed by atoms with E-state index in [4.69, 9.17) is 5.11 Å². The first kappa shape index (κ1) is 19.2. The van der Waals surface area contributed by atoms with E-state index < -0.39 is 5.97 Å². The lowest BCUT2D eigenvalue weighted by Crippen LogP contribution is -2.38. The molecule has 0 atom stereocenters. The summed E-state index contributed by atoms with van der Waals surface area (Å²) < 4.78 is 0. The van der Waals surface area contributed by atoms with Gasteiger partial charge in [0.2, 0.25) is 5.91 Å². The number of thioether (sulfide) groups is 1. The van der Waals surface area contributed by atoms with E-state index >= 15 is 0 Å². The van der Waals surface area contributed by atoms with Crippen molar-refractivity contribution < 1.29 is 14.7 Å². The maximum atomic E-state index is 12.6. The fourth-order valence-corrected chi connectivity index (χ4v) is 3.76. The van der Waals surface area contributed by atoms with Crippen LogP contribution in [0.15, 0.2) is 42.9 Å². The first-order chi connectivity index (χ1) is 13.1. The zero-order valence-electron chi connectivity index (χ0n) is 14.9. The number of hydrogen-bond donors (Lipinski definition) is 2. The van der Waals surface area contributed by atoms with Crippen LogP contribution in [0.4, 0.5) is 11.5 Å². The number of benzene rings is 1. The van der Waals surface area contributed by atoms with Crippen molar-refractivity contribution in [2.75, 3.05) is 29.1 Å². The number of anilines is 2. The summed E-state index contributed by atoms with van der Waals surface area (Å²) in [7, 11) is 0. The van der Waals surface area contributed by atoms with Crippen molar-refractivity contribution in [1.82, 2.24) is 9.97 Å². The Morgan fingerprint density at radius 2 is 2.07 bits per heavy atom. The number of carboxylic acid groups (broad SMARTS) is 1. The molecule has 0 aliphatic carbocycles. The summed E-state index contributed by atoms with van der Waals surface area (Å²) in [5.74, 6) is 0.709. The zero-order valence-corrected chi connectivity index (χ0v) is 15.7. The van der Waals surface area contributed by atoms with Crippen LogP contribution in [0.25, 0.3) is 0 Å². The van der Waals surface area contributed by atoms with Gasteiger partial charge in [-0.1, -0.05) is 12.1 Å². The summed E-state index contributed by atoms with van der Waals surface area (Å²) in [5.41, 5.74) is 1.75. The van der Waals surface area contributed by atoms with E-state index in [0.717, 1.165) is 43.0 Å². The van der Waals surface area contributed by atoms with Crippen LogP contribution in [0.5, 0.6) is 0 Å². The summed E-state index contributed by atoms with van der Waals surface area (Å²) in [5, 5.41) is 11.7. The first-order valence-corrected chi connectivity index (χ1v) is 9.97. The van der Waals surface area contributed by atoms with Crippen molar-refractivity contribution in [1.29, 1.82) is 0 Å². The quantitative estimate of drug-likeness (QED) is 0.755. The van der Waals surface area contributed by atoms with Crippen LogP contribution in [0.3, 0.4) is 0 Å². The molecule has 7 nitrogen and oxygen atoms in total. The maximum Gasteiger partial charge on any atom is 0.313 e. The van der Waals surface area contributed by atoms with Crippen LogP contribution in [0.2, 0.25) is 0 Å². The minimum absolute atomic E-state index is 0.0250. The molecule has 0 bridgehead atoms. The number of aliphatic carboxylic acids is 1. The van der Waals surface area contributed by atoms with Gasteiger partial charge in [0.15, 0.2) is 0 Å². The minimum Gasteiger partial charge on any atom is -0.481 e. The number of carbonyl (C=O) groups is 2. The molecule has 1 aliphatic heterocycles. The molecule has 2 aromatic rings. The van der Waals surface area contributed by atoms with Crippen molar-refractivity contribution in [3.8, 4) is 0 Å². The van der Waals surface area contributed by atoms with Crippen LogP contribution in [-0.2, 0) is 15.3 Å². The molecule has 2 N–H and O–H groups in total. The lowest BCUT2D eigenvalue weighted by atomic mass is 9.96. The molecule has 142 valence electrons. The minimum atomic E-state index is -0.822. The molecule has 8 heteroatoms. The van der Waals surface area contributed by atoms with Crippen molar-refractivity contribution in [3.63, 3.8) is 0 Å². The number of carboxylic acids is 1. The molecule has 1 saturated heterocycles. The lowest BCUT2D eigenvalue weighted by molar-refractivity contribution is -0.133. The molecular formula is C19H22N4O3S. The summed E-state index contributed by atoms with van der Waals surface area (Å²) >= 11 is 1.34. The molecule has 0 spiro atoms. The zero-order chi connectivity index (χ0) is 19.1.